The molecule has 0 fully saturated rings. The highest BCUT2D eigenvalue weighted by Crippen LogP contribution is 2.17. The number of pyridine rings is 1. The number of aryl methyl sites for hydroxylation is 1. The zero-order valence-corrected chi connectivity index (χ0v) is 9.75. The summed E-state index contributed by atoms with van der Waals surface area (Å²) in [7, 11) is 0. The standard InChI is InChI=1S/C10H13N3O5/c1-7-4-8(13(16)17)5-12-10(7)11-2-3-18-6-9(14)15/h4-5H,2-3,6H2,1H3,(H,11,12)(H,14,15). The maximum Gasteiger partial charge on any atom is 0.329 e. The van der Waals surface area contributed by atoms with E-state index in [0.29, 0.717) is 17.9 Å². The molecule has 0 saturated carbocycles. The second-order valence-corrected chi connectivity index (χ2v) is 3.49. The summed E-state index contributed by atoms with van der Waals surface area (Å²) >= 11 is 0. The van der Waals surface area contributed by atoms with Gasteiger partial charge in [-0.15, -0.1) is 0 Å². The van der Waals surface area contributed by atoms with E-state index in [1.54, 1.807) is 6.92 Å². The predicted molar refractivity (Wildman–Crippen MR) is 62.6 cm³/mol. The van der Waals surface area contributed by atoms with Crippen molar-refractivity contribution >= 4 is 17.5 Å². The minimum Gasteiger partial charge on any atom is -0.480 e. The molecular formula is C10H13N3O5. The maximum atomic E-state index is 10.5. The molecule has 18 heavy (non-hydrogen) atoms. The van der Waals surface area contributed by atoms with Crippen LogP contribution in [-0.4, -0.2) is 40.7 Å². The van der Waals surface area contributed by atoms with Crippen LogP contribution in [0.25, 0.3) is 0 Å². The molecule has 1 aromatic rings. The van der Waals surface area contributed by atoms with Crippen LogP contribution >= 0.6 is 0 Å². The van der Waals surface area contributed by atoms with Gasteiger partial charge < -0.3 is 15.2 Å². The maximum absolute atomic E-state index is 10.5. The highest BCUT2D eigenvalue weighted by molar-refractivity contribution is 5.67. The van der Waals surface area contributed by atoms with Gasteiger partial charge in [0.25, 0.3) is 5.69 Å². The molecule has 0 atom stereocenters. The molecule has 0 bridgehead atoms. The van der Waals surface area contributed by atoms with E-state index in [1.807, 2.05) is 0 Å². The molecule has 8 nitrogen and oxygen atoms in total. The van der Waals surface area contributed by atoms with E-state index in [1.165, 1.54) is 6.07 Å². The Morgan fingerprint density at radius 2 is 2.39 bits per heavy atom. The van der Waals surface area contributed by atoms with Crippen LogP contribution in [0.1, 0.15) is 5.56 Å². The van der Waals surface area contributed by atoms with Gasteiger partial charge >= 0.3 is 5.97 Å². The Hall–Kier alpha value is -2.22. The summed E-state index contributed by atoms with van der Waals surface area (Å²) in [5, 5.41) is 21.7. The van der Waals surface area contributed by atoms with Gasteiger partial charge in [0.15, 0.2) is 0 Å². The van der Waals surface area contributed by atoms with E-state index in [4.69, 9.17) is 9.84 Å². The molecule has 0 aromatic carbocycles. The molecule has 2 N–H and O–H groups in total. The summed E-state index contributed by atoms with van der Waals surface area (Å²) in [5.41, 5.74) is 0.572. The summed E-state index contributed by atoms with van der Waals surface area (Å²) in [5.74, 6) is -0.515. The van der Waals surface area contributed by atoms with Crippen LogP contribution in [0.3, 0.4) is 0 Å². The fraction of sp³-hybridized carbons (Fsp3) is 0.400. The second-order valence-electron chi connectivity index (χ2n) is 3.49. The lowest BCUT2D eigenvalue weighted by Gasteiger charge is -2.07. The van der Waals surface area contributed by atoms with Crippen LogP contribution in [-0.2, 0) is 9.53 Å². The van der Waals surface area contributed by atoms with Crippen LogP contribution in [0, 0.1) is 17.0 Å². The Morgan fingerprint density at radius 1 is 1.67 bits per heavy atom. The van der Waals surface area contributed by atoms with Crippen LogP contribution in [0.4, 0.5) is 11.5 Å². The smallest absolute Gasteiger partial charge is 0.329 e. The van der Waals surface area contributed by atoms with Crippen LogP contribution in [0.5, 0.6) is 0 Å². The number of carbonyl (C=O) groups is 1. The average Bonchev–Trinajstić information content (AvgIpc) is 2.29. The third kappa shape index (κ3) is 4.34. The quantitative estimate of drug-likeness (QED) is 0.421. The molecule has 1 heterocycles. The molecule has 0 amide bonds. The topological polar surface area (TPSA) is 115 Å². The number of hydrogen-bond acceptors (Lipinski definition) is 6. The van der Waals surface area contributed by atoms with Crippen molar-refractivity contribution in [2.45, 2.75) is 6.92 Å². The molecule has 0 aliphatic carbocycles. The number of carboxylic acid groups (broad SMARTS) is 1. The van der Waals surface area contributed by atoms with Gasteiger partial charge in [0, 0.05) is 12.6 Å². The second kappa shape index (κ2) is 6.50. The number of nitrogens with zero attached hydrogens (tertiary/aromatic N) is 2. The zero-order chi connectivity index (χ0) is 13.5. The molecule has 0 aliphatic rings. The van der Waals surface area contributed by atoms with Gasteiger partial charge in [-0.05, 0) is 12.5 Å². The number of aromatic nitrogens is 1. The van der Waals surface area contributed by atoms with Crippen molar-refractivity contribution in [3.63, 3.8) is 0 Å². The van der Waals surface area contributed by atoms with Crippen molar-refractivity contribution in [1.29, 1.82) is 0 Å². The molecule has 0 unspecified atom stereocenters. The van der Waals surface area contributed by atoms with Crippen molar-refractivity contribution in [3.05, 3.63) is 27.9 Å². The first kappa shape index (κ1) is 13.8. The molecule has 0 radical (unpaired) electrons. The number of aliphatic carboxylic acids is 1. The van der Waals surface area contributed by atoms with Gasteiger partial charge in [0.2, 0.25) is 0 Å². The Labute approximate surface area is 103 Å². The average molecular weight is 255 g/mol. The lowest BCUT2D eigenvalue weighted by Crippen LogP contribution is -2.15. The molecule has 98 valence electrons. The van der Waals surface area contributed by atoms with E-state index in [0.717, 1.165) is 6.20 Å². The van der Waals surface area contributed by atoms with Gasteiger partial charge in [0.1, 0.15) is 18.6 Å². The van der Waals surface area contributed by atoms with E-state index in [-0.39, 0.29) is 18.9 Å². The zero-order valence-electron chi connectivity index (χ0n) is 9.75. The first-order chi connectivity index (χ1) is 8.50. The summed E-state index contributed by atoms with van der Waals surface area (Å²) in [4.78, 5) is 24.1. The van der Waals surface area contributed by atoms with Gasteiger partial charge in [-0.3, -0.25) is 10.1 Å². The Morgan fingerprint density at radius 3 is 2.94 bits per heavy atom. The number of nitro groups is 1. The number of anilines is 1. The van der Waals surface area contributed by atoms with Crippen molar-refractivity contribution in [1.82, 2.24) is 4.98 Å². The van der Waals surface area contributed by atoms with E-state index in [9.17, 15) is 14.9 Å². The number of carboxylic acids is 1. The summed E-state index contributed by atoms with van der Waals surface area (Å²) in [6.45, 7) is 1.93. The predicted octanol–water partition coefficient (Wildman–Crippen LogP) is 0.811. The molecule has 0 saturated heterocycles. The highest BCUT2D eigenvalue weighted by Gasteiger charge is 2.08. The monoisotopic (exact) mass is 255 g/mol. The molecule has 8 heteroatoms. The van der Waals surface area contributed by atoms with Crippen LogP contribution in [0.15, 0.2) is 12.3 Å². The van der Waals surface area contributed by atoms with Crippen molar-refractivity contribution in [2.75, 3.05) is 25.1 Å². The first-order valence-electron chi connectivity index (χ1n) is 5.15. The lowest BCUT2D eigenvalue weighted by atomic mass is 10.2. The van der Waals surface area contributed by atoms with E-state index < -0.39 is 10.9 Å². The number of nitrogens with one attached hydrogen (secondary N) is 1. The minimum absolute atomic E-state index is 0.0693. The fourth-order valence-electron chi connectivity index (χ4n) is 1.25. The summed E-state index contributed by atoms with van der Waals surface area (Å²) in [6.07, 6.45) is 1.16. The number of hydrogen-bond donors (Lipinski definition) is 2. The Kier molecular flexibility index (Phi) is 5.00. The molecule has 0 aliphatic heterocycles. The van der Waals surface area contributed by atoms with Crippen LogP contribution in [0.2, 0.25) is 0 Å². The fourth-order valence-corrected chi connectivity index (χ4v) is 1.25. The SMILES string of the molecule is Cc1cc([N+](=O)[O-])cnc1NCCOCC(=O)O. The van der Waals surface area contributed by atoms with Gasteiger partial charge in [-0.2, -0.15) is 0 Å². The van der Waals surface area contributed by atoms with E-state index in [2.05, 4.69) is 10.3 Å². The Balaban J connectivity index is 2.43. The summed E-state index contributed by atoms with van der Waals surface area (Å²) < 4.78 is 4.82. The van der Waals surface area contributed by atoms with Gasteiger partial charge in [-0.1, -0.05) is 0 Å². The van der Waals surface area contributed by atoms with Gasteiger partial charge in [-0.25, -0.2) is 9.78 Å². The molecular weight excluding hydrogens is 242 g/mol. The molecule has 0 spiro atoms. The largest absolute Gasteiger partial charge is 0.480 e. The third-order valence-electron chi connectivity index (χ3n) is 2.04. The molecule has 1 rings (SSSR count). The lowest BCUT2D eigenvalue weighted by molar-refractivity contribution is -0.385. The summed E-state index contributed by atoms with van der Waals surface area (Å²) in [6, 6.07) is 1.41. The van der Waals surface area contributed by atoms with Gasteiger partial charge in [0.05, 0.1) is 11.5 Å². The van der Waals surface area contributed by atoms with E-state index >= 15 is 0 Å². The molecule has 1 aromatic heterocycles. The van der Waals surface area contributed by atoms with Crippen molar-refractivity contribution < 1.29 is 19.6 Å². The normalized spacial score (nSPS) is 10.1. The van der Waals surface area contributed by atoms with Crippen molar-refractivity contribution in [3.8, 4) is 0 Å². The van der Waals surface area contributed by atoms with Crippen molar-refractivity contribution in [2.24, 2.45) is 0 Å². The van der Waals surface area contributed by atoms with Crippen LogP contribution < -0.4 is 5.32 Å². The number of ether oxygens (including phenoxy) is 1. The number of rotatable bonds is 7. The highest BCUT2D eigenvalue weighted by atomic mass is 16.6. The minimum atomic E-state index is -1.03. The first-order valence-corrected chi connectivity index (χ1v) is 5.15. The Bertz CT molecular complexity index is 449. The third-order valence-corrected chi connectivity index (χ3v) is 2.04.